The maximum Gasteiger partial charge on any atom is 0.262 e. The Hall–Kier alpha value is -5.44. The second-order valence-corrected chi connectivity index (χ2v) is 12.6. The molecular weight excluding hydrogens is 682 g/mol. The summed E-state index contributed by atoms with van der Waals surface area (Å²) in [4.78, 5) is 38.4. The highest BCUT2D eigenvalue weighted by Crippen LogP contribution is 2.35. The van der Waals surface area contributed by atoms with Gasteiger partial charge in [0.1, 0.15) is 22.9 Å². The van der Waals surface area contributed by atoms with Crippen molar-refractivity contribution in [3.05, 3.63) is 89.1 Å². The Labute approximate surface area is 299 Å². The van der Waals surface area contributed by atoms with Gasteiger partial charge in [-0.2, -0.15) is 4.98 Å². The highest BCUT2D eigenvalue weighted by molar-refractivity contribution is 6.06. The number of carbonyl (C=O) groups excluding carboxylic acids is 2. The molecule has 1 aliphatic heterocycles. The van der Waals surface area contributed by atoms with Crippen molar-refractivity contribution >= 4 is 34.8 Å². The second kappa shape index (κ2) is 16.7. The number of amides is 2. The predicted octanol–water partition coefficient (Wildman–Crippen LogP) is 6.82. The Morgan fingerprint density at radius 2 is 1.75 bits per heavy atom. The average molecular weight is 724 g/mol. The Kier molecular flexibility index (Phi) is 12.2. The number of carbonyl (C=O) groups is 2. The molecule has 4 aromatic rings. The van der Waals surface area contributed by atoms with Gasteiger partial charge in [-0.1, -0.05) is 13.0 Å². The van der Waals surface area contributed by atoms with Crippen LogP contribution in [-0.2, 0) is 11.2 Å². The number of likely N-dealkylation sites (N-methyl/N-ethyl adjacent to an activating group) is 1. The van der Waals surface area contributed by atoms with Crippen molar-refractivity contribution in [3.63, 3.8) is 0 Å². The first kappa shape index (κ1) is 37.8. The highest BCUT2D eigenvalue weighted by atomic mass is 19.1. The van der Waals surface area contributed by atoms with E-state index in [-0.39, 0.29) is 53.3 Å². The van der Waals surface area contributed by atoms with E-state index in [9.17, 15) is 22.8 Å². The van der Waals surface area contributed by atoms with Crippen LogP contribution in [0.1, 0.15) is 49.5 Å². The molecule has 15 heteroatoms. The van der Waals surface area contributed by atoms with Gasteiger partial charge in [-0.3, -0.25) is 9.59 Å². The minimum absolute atomic E-state index is 0.0527. The molecule has 3 N–H and O–H groups in total. The van der Waals surface area contributed by atoms with Crippen LogP contribution in [0.4, 0.5) is 40.6 Å². The zero-order chi connectivity index (χ0) is 37.5. The van der Waals surface area contributed by atoms with Crippen molar-refractivity contribution < 1.29 is 36.6 Å². The van der Waals surface area contributed by atoms with Crippen molar-refractivity contribution in [2.45, 2.75) is 52.1 Å². The summed E-state index contributed by atoms with van der Waals surface area (Å²) in [6, 6.07) is 10.7. The van der Waals surface area contributed by atoms with E-state index in [1.165, 1.54) is 13.2 Å². The molecule has 276 valence electrons. The SMILES string of the molecule is CC[C@@H](C)NC(=O)CCc1ccc(Oc2nc(Nc3ccc(N4CCN(C)C(C)C4)c(F)c3)ncc2C(=O)Nc2c(F)cc(F)cc2F)c(OC)c1. The molecule has 1 aliphatic rings. The van der Waals surface area contributed by atoms with Gasteiger partial charge in [-0.25, -0.2) is 22.5 Å². The van der Waals surface area contributed by atoms with E-state index in [1.54, 1.807) is 30.3 Å². The van der Waals surface area contributed by atoms with Gasteiger partial charge in [-0.15, -0.1) is 0 Å². The molecule has 0 saturated carbocycles. The number of piperazine rings is 1. The summed E-state index contributed by atoms with van der Waals surface area (Å²) in [6.07, 6.45) is 2.52. The fourth-order valence-corrected chi connectivity index (χ4v) is 5.50. The molecular formula is C37H41F4N7O4. The predicted molar refractivity (Wildman–Crippen MR) is 190 cm³/mol. The molecule has 1 fully saturated rings. The molecule has 0 aliphatic carbocycles. The minimum atomic E-state index is -1.33. The largest absolute Gasteiger partial charge is 0.493 e. The van der Waals surface area contributed by atoms with E-state index in [2.05, 4.69) is 37.7 Å². The Morgan fingerprint density at radius 3 is 2.42 bits per heavy atom. The van der Waals surface area contributed by atoms with Crippen LogP contribution in [-0.4, -0.2) is 72.6 Å². The molecule has 3 aromatic carbocycles. The number of methoxy groups -OCH3 is 1. The van der Waals surface area contributed by atoms with Gasteiger partial charge in [0.25, 0.3) is 5.91 Å². The van der Waals surface area contributed by atoms with E-state index < -0.39 is 34.9 Å². The van der Waals surface area contributed by atoms with E-state index >= 15 is 4.39 Å². The van der Waals surface area contributed by atoms with Crippen molar-refractivity contribution in [2.75, 3.05) is 49.3 Å². The number of anilines is 4. The zero-order valence-corrected chi connectivity index (χ0v) is 29.5. The summed E-state index contributed by atoms with van der Waals surface area (Å²) < 4.78 is 69.3. The molecule has 2 heterocycles. The molecule has 1 saturated heterocycles. The lowest BCUT2D eigenvalue weighted by Gasteiger charge is -2.39. The Bertz CT molecular complexity index is 1910. The number of nitrogens with zero attached hydrogens (tertiary/aromatic N) is 4. The Balaban J connectivity index is 1.42. The lowest BCUT2D eigenvalue weighted by molar-refractivity contribution is -0.121. The van der Waals surface area contributed by atoms with Crippen LogP contribution < -0.4 is 30.3 Å². The minimum Gasteiger partial charge on any atom is -0.493 e. The van der Waals surface area contributed by atoms with Crippen molar-refractivity contribution in [1.82, 2.24) is 20.2 Å². The van der Waals surface area contributed by atoms with Crippen molar-refractivity contribution in [3.8, 4) is 17.4 Å². The molecule has 1 unspecified atom stereocenters. The molecule has 1 aromatic heterocycles. The van der Waals surface area contributed by atoms with Crippen LogP contribution >= 0.6 is 0 Å². The van der Waals surface area contributed by atoms with Crippen LogP contribution in [0, 0.1) is 23.3 Å². The Morgan fingerprint density at radius 1 is 1.00 bits per heavy atom. The number of halogens is 4. The average Bonchev–Trinajstić information content (AvgIpc) is 3.10. The number of nitrogens with one attached hydrogen (secondary N) is 3. The quantitative estimate of drug-likeness (QED) is 0.128. The number of ether oxygens (including phenoxy) is 2. The van der Waals surface area contributed by atoms with Crippen LogP contribution in [0.25, 0.3) is 0 Å². The summed E-state index contributed by atoms with van der Waals surface area (Å²) in [5, 5.41) is 7.92. The van der Waals surface area contributed by atoms with Crippen molar-refractivity contribution in [2.24, 2.45) is 0 Å². The summed E-state index contributed by atoms with van der Waals surface area (Å²) in [6.45, 7) is 8.10. The number of aromatic nitrogens is 2. The van der Waals surface area contributed by atoms with Crippen molar-refractivity contribution in [1.29, 1.82) is 0 Å². The van der Waals surface area contributed by atoms with Gasteiger partial charge in [-0.05, 0) is 69.6 Å². The molecule has 0 bridgehead atoms. The maximum atomic E-state index is 15.3. The summed E-state index contributed by atoms with van der Waals surface area (Å²) in [5.74, 6) is -5.53. The van der Waals surface area contributed by atoms with Gasteiger partial charge in [0.15, 0.2) is 23.1 Å². The lowest BCUT2D eigenvalue weighted by Crippen LogP contribution is -2.50. The number of aryl methyl sites for hydroxylation is 1. The molecule has 52 heavy (non-hydrogen) atoms. The van der Waals surface area contributed by atoms with E-state index in [1.807, 2.05) is 25.8 Å². The van der Waals surface area contributed by atoms with Crippen LogP contribution in [0.5, 0.6) is 17.4 Å². The molecule has 0 spiro atoms. The van der Waals surface area contributed by atoms with E-state index in [0.717, 1.165) is 24.7 Å². The number of hydrogen-bond acceptors (Lipinski definition) is 9. The number of benzene rings is 3. The van der Waals surface area contributed by atoms with Gasteiger partial charge < -0.3 is 35.2 Å². The number of rotatable bonds is 13. The molecule has 0 radical (unpaired) electrons. The fourth-order valence-electron chi connectivity index (χ4n) is 5.50. The third kappa shape index (κ3) is 9.26. The summed E-state index contributed by atoms with van der Waals surface area (Å²) >= 11 is 0. The third-order valence-electron chi connectivity index (χ3n) is 8.84. The van der Waals surface area contributed by atoms with Gasteiger partial charge in [0.2, 0.25) is 17.7 Å². The van der Waals surface area contributed by atoms with Gasteiger partial charge in [0.05, 0.1) is 12.8 Å². The van der Waals surface area contributed by atoms with Gasteiger partial charge in [0, 0.05) is 62.2 Å². The topological polar surface area (TPSA) is 121 Å². The van der Waals surface area contributed by atoms with Crippen LogP contribution in [0.15, 0.2) is 54.7 Å². The summed E-state index contributed by atoms with van der Waals surface area (Å²) in [5.41, 5.74) is 0.303. The smallest absolute Gasteiger partial charge is 0.262 e. The molecule has 5 rings (SSSR count). The van der Waals surface area contributed by atoms with Crippen LogP contribution in [0.2, 0.25) is 0 Å². The second-order valence-electron chi connectivity index (χ2n) is 12.6. The first-order valence-corrected chi connectivity index (χ1v) is 16.8. The monoisotopic (exact) mass is 723 g/mol. The molecule has 11 nitrogen and oxygen atoms in total. The first-order chi connectivity index (χ1) is 24.8. The normalized spacial score (nSPS) is 15.2. The molecule has 2 amide bonds. The lowest BCUT2D eigenvalue weighted by atomic mass is 10.1. The first-order valence-electron chi connectivity index (χ1n) is 16.8. The summed E-state index contributed by atoms with van der Waals surface area (Å²) in [7, 11) is 3.43. The fraction of sp³-hybridized carbons (Fsp3) is 0.351. The van der Waals surface area contributed by atoms with Gasteiger partial charge >= 0.3 is 0 Å². The zero-order valence-electron chi connectivity index (χ0n) is 29.5. The maximum absolute atomic E-state index is 15.3. The number of hydrogen-bond donors (Lipinski definition) is 3. The molecule has 2 atom stereocenters. The van der Waals surface area contributed by atoms with E-state index in [4.69, 9.17) is 9.47 Å². The third-order valence-corrected chi connectivity index (χ3v) is 8.84. The standard InChI is InChI=1S/C37H41F4N7O4/c1-6-21(2)43-33(49)12-8-23-7-11-31(32(15-23)51-5)52-36-26(35(50)45-34-28(40)16-24(38)17-29(34)41)19-42-37(46-36)44-25-9-10-30(27(39)18-25)48-14-13-47(4)22(3)20-48/h7,9-11,15-19,21-22H,6,8,12-14,20H2,1-5H3,(H,43,49)(H,45,50)(H,42,44,46)/t21-,22?/m1/s1. The van der Waals surface area contributed by atoms with Crippen LogP contribution in [0.3, 0.4) is 0 Å². The highest BCUT2D eigenvalue weighted by Gasteiger charge is 2.25. The van der Waals surface area contributed by atoms with E-state index in [0.29, 0.717) is 43.0 Å².